The Hall–Kier alpha value is -0.430. The van der Waals surface area contributed by atoms with Gasteiger partial charge in [0.15, 0.2) is 0 Å². The van der Waals surface area contributed by atoms with Gasteiger partial charge in [-0.1, -0.05) is 45.4 Å². The molecule has 0 aliphatic heterocycles. The molecule has 14 heavy (non-hydrogen) atoms. The Bertz CT molecular complexity index is 264. The van der Waals surface area contributed by atoms with Crippen LogP contribution in [-0.4, -0.2) is 5.25 Å². The highest BCUT2D eigenvalue weighted by molar-refractivity contribution is 8.00. The Balaban J connectivity index is 0.000000791. The molecule has 1 heteroatoms. The van der Waals surface area contributed by atoms with E-state index < -0.39 is 0 Å². The van der Waals surface area contributed by atoms with Crippen LogP contribution in [0.3, 0.4) is 0 Å². The summed E-state index contributed by atoms with van der Waals surface area (Å²) in [4.78, 5) is 1.41. The maximum atomic E-state index is 2.24. The molecular formula is C13H22S. The van der Waals surface area contributed by atoms with E-state index in [9.17, 15) is 0 Å². The first kappa shape index (κ1) is 13.6. The monoisotopic (exact) mass is 210 g/mol. The molecule has 0 bridgehead atoms. The van der Waals surface area contributed by atoms with Crippen LogP contribution in [0.15, 0.2) is 23.1 Å². The van der Waals surface area contributed by atoms with Crippen molar-refractivity contribution in [3.05, 3.63) is 29.3 Å². The van der Waals surface area contributed by atoms with Crippen LogP contribution in [0.5, 0.6) is 0 Å². The number of aryl methyl sites for hydroxylation is 2. The Morgan fingerprint density at radius 3 is 2.07 bits per heavy atom. The van der Waals surface area contributed by atoms with Gasteiger partial charge in [0.05, 0.1) is 0 Å². The third-order valence-corrected chi connectivity index (χ3v) is 2.88. The molecule has 0 saturated heterocycles. The molecule has 0 N–H and O–H groups in total. The van der Waals surface area contributed by atoms with E-state index >= 15 is 0 Å². The van der Waals surface area contributed by atoms with Crippen LogP contribution in [0.2, 0.25) is 0 Å². The highest BCUT2D eigenvalue weighted by Gasteiger charge is 2.01. The number of rotatable bonds is 2. The van der Waals surface area contributed by atoms with Crippen molar-refractivity contribution in [3.63, 3.8) is 0 Å². The zero-order valence-corrected chi connectivity index (χ0v) is 11.0. The van der Waals surface area contributed by atoms with Crippen LogP contribution in [-0.2, 0) is 0 Å². The van der Waals surface area contributed by atoms with Crippen molar-refractivity contribution in [1.82, 2.24) is 0 Å². The molecule has 0 saturated carbocycles. The highest BCUT2D eigenvalue weighted by atomic mass is 32.2. The minimum atomic E-state index is 0.673. The summed E-state index contributed by atoms with van der Waals surface area (Å²) in [7, 11) is 0. The van der Waals surface area contributed by atoms with Crippen LogP contribution >= 0.6 is 11.8 Å². The van der Waals surface area contributed by atoms with Crippen molar-refractivity contribution in [2.45, 2.75) is 51.7 Å². The van der Waals surface area contributed by atoms with Crippen molar-refractivity contribution in [2.75, 3.05) is 0 Å². The van der Waals surface area contributed by atoms with E-state index in [1.807, 2.05) is 25.6 Å². The molecule has 0 unspecified atom stereocenters. The zero-order chi connectivity index (χ0) is 11.1. The Kier molecular flexibility index (Phi) is 6.73. The maximum absolute atomic E-state index is 2.24. The minimum Gasteiger partial charge on any atom is -0.123 e. The van der Waals surface area contributed by atoms with Gasteiger partial charge >= 0.3 is 0 Å². The summed E-state index contributed by atoms with van der Waals surface area (Å²) in [6.07, 6.45) is 0. The first-order valence-corrected chi connectivity index (χ1v) is 6.21. The van der Waals surface area contributed by atoms with Crippen LogP contribution in [0.1, 0.15) is 38.8 Å². The predicted octanol–water partition coefficient (Wildman–Crippen LogP) is 4.83. The fraction of sp³-hybridized carbons (Fsp3) is 0.538. The maximum Gasteiger partial charge on any atom is 0.0104 e. The second kappa shape index (κ2) is 6.94. The predicted molar refractivity (Wildman–Crippen MR) is 68.3 cm³/mol. The molecule has 0 atom stereocenters. The molecule has 0 aliphatic rings. The van der Waals surface area contributed by atoms with Gasteiger partial charge < -0.3 is 0 Å². The average Bonchev–Trinajstić information content (AvgIpc) is 2.13. The topological polar surface area (TPSA) is 0 Å². The van der Waals surface area contributed by atoms with Crippen molar-refractivity contribution in [2.24, 2.45) is 0 Å². The van der Waals surface area contributed by atoms with Gasteiger partial charge in [0.1, 0.15) is 0 Å². The number of hydrogen-bond donors (Lipinski definition) is 0. The van der Waals surface area contributed by atoms with E-state index in [1.165, 1.54) is 16.0 Å². The fourth-order valence-corrected chi connectivity index (χ4v) is 2.08. The van der Waals surface area contributed by atoms with Gasteiger partial charge in [0.2, 0.25) is 0 Å². The molecule has 1 aromatic carbocycles. The van der Waals surface area contributed by atoms with Crippen LogP contribution in [0, 0.1) is 13.8 Å². The second-order valence-electron chi connectivity index (χ2n) is 3.44. The zero-order valence-electron chi connectivity index (χ0n) is 10.2. The highest BCUT2D eigenvalue weighted by Crippen LogP contribution is 2.26. The smallest absolute Gasteiger partial charge is 0.0104 e. The van der Waals surface area contributed by atoms with Gasteiger partial charge in [-0.3, -0.25) is 0 Å². The van der Waals surface area contributed by atoms with Gasteiger partial charge in [-0.25, -0.2) is 0 Å². The third kappa shape index (κ3) is 4.71. The average molecular weight is 210 g/mol. The molecule has 0 aliphatic carbocycles. The summed E-state index contributed by atoms with van der Waals surface area (Å²) in [5, 5.41) is 0.673. The normalized spacial score (nSPS) is 9.64. The summed E-state index contributed by atoms with van der Waals surface area (Å²) < 4.78 is 0. The van der Waals surface area contributed by atoms with Crippen LogP contribution < -0.4 is 0 Å². The van der Waals surface area contributed by atoms with Gasteiger partial charge in [-0.15, -0.1) is 11.8 Å². The van der Waals surface area contributed by atoms with Crippen molar-refractivity contribution in [3.8, 4) is 0 Å². The Morgan fingerprint density at radius 1 is 1.07 bits per heavy atom. The second-order valence-corrected chi connectivity index (χ2v) is 5.05. The summed E-state index contributed by atoms with van der Waals surface area (Å²) in [5.41, 5.74) is 2.74. The molecule has 0 nitrogen and oxygen atoms in total. The van der Waals surface area contributed by atoms with E-state index in [2.05, 4.69) is 45.9 Å². The summed E-state index contributed by atoms with van der Waals surface area (Å²) in [6, 6.07) is 6.64. The number of benzene rings is 1. The van der Waals surface area contributed by atoms with Crippen molar-refractivity contribution < 1.29 is 0 Å². The van der Waals surface area contributed by atoms with Crippen LogP contribution in [0.4, 0.5) is 0 Å². The lowest BCUT2D eigenvalue weighted by molar-refractivity contribution is 1.10. The standard InChI is InChI=1S/C11H16S.C2H6/c1-8(2)12-11-6-5-9(3)7-10(11)4;1-2/h5-8H,1-4H3;1-2H3. The lowest BCUT2D eigenvalue weighted by Crippen LogP contribution is -1.88. The molecular weight excluding hydrogens is 188 g/mol. The first-order chi connectivity index (χ1) is 6.59. The third-order valence-electron chi connectivity index (χ3n) is 1.69. The van der Waals surface area contributed by atoms with Gasteiger partial charge in [0.25, 0.3) is 0 Å². The summed E-state index contributed by atoms with van der Waals surface area (Å²) >= 11 is 1.93. The van der Waals surface area contributed by atoms with Gasteiger partial charge in [-0.05, 0) is 25.5 Å². The minimum absolute atomic E-state index is 0.673. The first-order valence-electron chi connectivity index (χ1n) is 5.33. The van der Waals surface area contributed by atoms with Crippen molar-refractivity contribution in [1.29, 1.82) is 0 Å². The SMILES string of the molecule is CC.Cc1ccc(SC(C)C)c(C)c1. The molecule has 0 aromatic heterocycles. The van der Waals surface area contributed by atoms with Gasteiger partial charge in [0, 0.05) is 10.1 Å². The largest absolute Gasteiger partial charge is 0.123 e. The molecule has 0 amide bonds. The summed E-state index contributed by atoms with van der Waals surface area (Å²) in [6.45, 7) is 12.8. The van der Waals surface area contributed by atoms with E-state index in [0.717, 1.165) is 0 Å². The summed E-state index contributed by atoms with van der Waals surface area (Å²) in [5.74, 6) is 0. The van der Waals surface area contributed by atoms with Gasteiger partial charge in [-0.2, -0.15) is 0 Å². The number of thioether (sulfide) groups is 1. The van der Waals surface area contributed by atoms with Crippen LogP contribution in [0.25, 0.3) is 0 Å². The quantitative estimate of drug-likeness (QED) is 0.630. The molecule has 0 radical (unpaired) electrons. The molecule has 80 valence electrons. The van der Waals surface area contributed by atoms with E-state index in [-0.39, 0.29) is 0 Å². The lowest BCUT2D eigenvalue weighted by atomic mass is 10.2. The molecule has 1 aromatic rings. The molecule has 1 rings (SSSR count). The Labute approximate surface area is 93.1 Å². The lowest BCUT2D eigenvalue weighted by Gasteiger charge is -2.08. The molecule has 0 spiro atoms. The van der Waals surface area contributed by atoms with Crippen molar-refractivity contribution >= 4 is 11.8 Å². The van der Waals surface area contributed by atoms with E-state index in [0.29, 0.717) is 5.25 Å². The fourth-order valence-electron chi connectivity index (χ4n) is 1.19. The Morgan fingerprint density at radius 2 is 1.64 bits per heavy atom. The molecule has 0 fully saturated rings. The number of hydrogen-bond acceptors (Lipinski definition) is 1. The van der Waals surface area contributed by atoms with E-state index in [4.69, 9.17) is 0 Å². The molecule has 0 heterocycles. The van der Waals surface area contributed by atoms with E-state index in [1.54, 1.807) is 0 Å².